The predicted molar refractivity (Wildman–Crippen MR) is 67.5 cm³/mol. The van der Waals surface area contributed by atoms with Crippen LogP contribution in [-0.4, -0.2) is 34.1 Å². The van der Waals surface area contributed by atoms with Crippen molar-refractivity contribution in [1.29, 1.82) is 0 Å². The molecule has 1 aromatic rings. The molecule has 1 aliphatic heterocycles. The molecule has 1 atom stereocenters. The van der Waals surface area contributed by atoms with Crippen molar-refractivity contribution in [3.8, 4) is 0 Å². The molecule has 1 unspecified atom stereocenters. The molecule has 0 fully saturated rings. The Bertz CT molecular complexity index is 503. The molecule has 2 heterocycles. The monoisotopic (exact) mass is 250 g/mol. The third kappa shape index (κ3) is 2.18. The van der Waals surface area contributed by atoms with E-state index in [0.717, 1.165) is 23.4 Å². The summed E-state index contributed by atoms with van der Waals surface area (Å²) in [5.41, 5.74) is 4.08. The second-order valence-corrected chi connectivity index (χ2v) is 4.56. The van der Waals surface area contributed by atoms with Gasteiger partial charge < -0.3 is 9.84 Å². The van der Waals surface area contributed by atoms with Gasteiger partial charge in [-0.1, -0.05) is 6.08 Å². The number of carboxylic acids is 1. The molecular weight excluding hydrogens is 232 g/mol. The summed E-state index contributed by atoms with van der Waals surface area (Å²) in [7, 11) is 0. The molecule has 0 spiro atoms. The molecule has 0 amide bonds. The smallest absolute Gasteiger partial charge is 0.328 e. The molecule has 1 aliphatic rings. The Morgan fingerprint density at radius 3 is 2.83 bits per heavy atom. The molecule has 2 rings (SSSR count). The third-order valence-corrected chi connectivity index (χ3v) is 3.33. The van der Waals surface area contributed by atoms with Crippen LogP contribution in [0.4, 0.5) is 0 Å². The topological polar surface area (TPSA) is 64.4 Å². The minimum absolute atomic E-state index is 0.619. The first-order valence-corrected chi connectivity index (χ1v) is 6.08. The number of hydrogen-bond acceptors (Lipinski definition) is 3. The summed E-state index contributed by atoms with van der Waals surface area (Å²) in [6, 6.07) is -0.641. The average Bonchev–Trinajstić information content (AvgIpc) is 2.65. The van der Waals surface area contributed by atoms with E-state index in [1.54, 1.807) is 11.6 Å². The number of ether oxygens (including phenoxy) is 1. The lowest BCUT2D eigenvalue weighted by molar-refractivity contribution is -0.140. The van der Waals surface area contributed by atoms with Crippen molar-refractivity contribution in [2.24, 2.45) is 0 Å². The van der Waals surface area contributed by atoms with Crippen LogP contribution in [0.15, 0.2) is 6.08 Å². The van der Waals surface area contributed by atoms with E-state index >= 15 is 0 Å². The van der Waals surface area contributed by atoms with Crippen LogP contribution >= 0.6 is 0 Å². The Hall–Kier alpha value is -1.62. The van der Waals surface area contributed by atoms with Gasteiger partial charge in [0.2, 0.25) is 0 Å². The van der Waals surface area contributed by atoms with E-state index in [9.17, 15) is 4.79 Å². The molecule has 5 heteroatoms. The van der Waals surface area contributed by atoms with E-state index in [-0.39, 0.29) is 0 Å². The van der Waals surface area contributed by atoms with Crippen LogP contribution < -0.4 is 0 Å². The first-order chi connectivity index (χ1) is 8.52. The lowest BCUT2D eigenvalue weighted by Gasteiger charge is -2.15. The van der Waals surface area contributed by atoms with Crippen molar-refractivity contribution in [2.75, 3.05) is 13.2 Å². The van der Waals surface area contributed by atoms with Gasteiger partial charge in [0.05, 0.1) is 18.9 Å². The van der Waals surface area contributed by atoms with Crippen LogP contribution in [-0.2, 0) is 9.53 Å². The van der Waals surface area contributed by atoms with Crippen LogP contribution in [0, 0.1) is 13.8 Å². The fourth-order valence-electron chi connectivity index (χ4n) is 2.36. The molecule has 0 saturated carbocycles. The Kier molecular flexibility index (Phi) is 3.52. The highest BCUT2D eigenvalue weighted by atomic mass is 16.5. The standard InChI is InChI=1S/C13H18N2O3/c1-8-12(11-4-6-18-7-5-11)9(2)15(14-8)10(3)13(16)17/h4,10H,5-7H2,1-3H3,(H,16,17). The Morgan fingerprint density at radius 1 is 1.56 bits per heavy atom. The van der Waals surface area contributed by atoms with E-state index < -0.39 is 12.0 Å². The van der Waals surface area contributed by atoms with Gasteiger partial charge in [-0.15, -0.1) is 0 Å². The highest BCUT2D eigenvalue weighted by molar-refractivity contribution is 5.73. The fourth-order valence-corrected chi connectivity index (χ4v) is 2.36. The Balaban J connectivity index is 2.43. The van der Waals surface area contributed by atoms with Crippen molar-refractivity contribution < 1.29 is 14.6 Å². The van der Waals surface area contributed by atoms with Crippen molar-refractivity contribution in [2.45, 2.75) is 33.2 Å². The number of rotatable bonds is 3. The van der Waals surface area contributed by atoms with E-state index in [4.69, 9.17) is 9.84 Å². The zero-order chi connectivity index (χ0) is 13.3. The van der Waals surface area contributed by atoms with Gasteiger partial charge in [0.15, 0.2) is 0 Å². The number of carbonyl (C=O) groups is 1. The minimum atomic E-state index is -0.867. The van der Waals surface area contributed by atoms with Crippen molar-refractivity contribution >= 4 is 11.5 Å². The van der Waals surface area contributed by atoms with E-state index in [1.807, 2.05) is 13.8 Å². The maximum absolute atomic E-state index is 11.1. The van der Waals surface area contributed by atoms with Gasteiger partial charge in [-0.3, -0.25) is 4.68 Å². The molecule has 5 nitrogen and oxygen atoms in total. The highest BCUT2D eigenvalue weighted by Gasteiger charge is 2.22. The number of carboxylic acid groups (broad SMARTS) is 1. The summed E-state index contributed by atoms with van der Waals surface area (Å²) in [5.74, 6) is -0.867. The van der Waals surface area contributed by atoms with Crippen LogP contribution in [0.1, 0.15) is 36.3 Å². The van der Waals surface area contributed by atoms with E-state index in [0.29, 0.717) is 13.2 Å². The van der Waals surface area contributed by atoms with Crippen LogP contribution in [0.2, 0.25) is 0 Å². The first-order valence-electron chi connectivity index (χ1n) is 6.08. The van der Waals surface area contributed by atoms with Gasteiger partial charge in [-0.25, -0.2) is 4.79 Å². The van der Waals surface area contributed by atoms with E-state index in [2.05, 4.69) is 11.2 Å². The highest BCUT2D eigenvalue weighted by Crippen LogP contribution is 2.28. The SMILES string of the molecule is Cc1nn(C(C)C(=O)O)c(C)c1C1=CCOCC1. The molecule has 0 radical (unpaired) electrons. The molecule has 98 valence electrons. The Morgan fingerprint density at radius 2 is 2.28 bits per heavy atom. The third-order valence-electron chi connectivity index (χ3n) is 3.33. The number of nitrogens with zero attached hydrogens (tertiary/aromatic N) is 2. The van der Waals surface area contributed by atoms with Gasteiger partial charge in [0.25, 0.3) is 0 Å². The van der Waals surface area contributed by atoms with Gasteiger partial charge in [-0.2, -0.15) is 5.10 Å². The summed E-state index contributed by atoms with van der Waals surface area (Å²) in [6.45, 7) is 6.82. The van der Waals surface area contributed by atoms with Crippen LogP contribution in [0.3, 0.4) is 0 Å². The fraction of sp³-hybridized carbons (Fsp3) is 0.538. The molecule has 18 heavy (non-hydrogen) atoms. The second kappa shape index (κ2) is 4.94. The minimum Gasteiger partial charge on any atom is -0.480 e. The molecule has 0 aliphatic carbocycles. The molecule has 0 saturated heterocycles. The largest absolute Gasteiger partial charge is 0.480 e. The quantitative estimate of drug-likeness (QED) is 0.890. The molecule has 1 N–H and O–H groups in total. The second-order valence-electron chi connectivity index (χ2n) is 4.56. The van der Waals surface area contributed by atoms with Gasteiger partial charge in [-0.05, 0) is 32.8 Å². The molecular formula is C13H18N2O3. The maximum atomic E-state index is 11.1. The molecule has 1 aromatic heterocycles. The van der Waals surface area contributed by atoms with Crippen molar-refractivity contribution in [1.82, 2.24) is 9.78 Å². The van der Waals surface area contributed by atoms with Gasteiger partial charge in [0.1, 0.15) is 6.04 Å². The summed E-state index contributed by atoms with van der Waals surface area (Å²) in [4.78, 5) is 11.1. The zero-order valence-corrected chi connectivity index (χ0v) is 10.9. The number of aromatic nitrogens is 2. The molecule has 0 bridgehead atoms. The lowest BCUT2D eigenvalue weighted by Crippen LogP contribution is -2.18. The average molecular weight is 250 g/mol. The normalized spacial score (nSPS) is 17.4. The number of hydrogen-bond donors (Lipinski definition) is 1. The van der Waals surface area contributed by atoms with Crippen LogP contribution in [0.5, 0.6) is 0 Å². The van der Waals surface area contributed by atoms with Crippen molar-refractivity contribution in [3.05, 3.63) is 23.0 Å². The maximum Gasteiger partial charge on any atom is 0.328 e. The number of aryl methyl sites for hydroxylation is 1. The summed E-state index contributed by atoms with van der Waals surface area (Å²) >= 11 is 0. The Labute approximate surface area is 106 Å². The number of aliphatic carboxylic acids is 1. The van der Waals surface area contributed by atoms with Gasteiger partial charge >= 0.3 is 5.97 Å². The predicted octanol–water partition coefficient (Wildman–Crippen LogP) is 1.95. The zero-order valence-electron chi connectivity index (χ0n) is 10.9. The first kappa shape index (κ1) is 12.8. The summed E-state index contributed by atoms with van der Waals surface area (Å²) in [5, 5.41) is 13.4. The lowest BCUT2D eigenvalue weighted by atomic mass is 10.00. The van der Waals surface area contributed by atoms with Crippen LogP contribution in [0.25, 0.3) is 5.57 Å². The van der Waals surface area contributed by atoms with Gasteiger partial charge in [0, 0.05) is 11.3 Å². The summed E-state index contributed by atoms with van der Waals surface area (Å²) < 4.78 is 6.88. The van der Waals surface area contributed by atoms with E-state index in [1.165, 1.54) is 5.57 Å². The summed E-state index contributed by atoms with van der Waals surface area (Å²) in [6.07, 6.45) is 2.91. The molecule has 0 aromatic carbocycles. The van der Waals surface area contributed by atoms with Crippen molar-refractivity contribution in [3.63, 3.8) is 0 Å².